The van der Waals surface area contributed by atoms with Crippen molar-refractivity contribution in [1.82, 2.24) is 9.80 Å². The molecule has 3 nitrogen and oxygen atoms in total. The molecule has 19 heavy (non-hydrogen) atoms. The molecule has 0 aromatic carbocycles. The normalized spacial score (nSPS) is 21.6. The van der Waals surface area contributed by atoms with Crippen LogP contribution in [0.2, 0.25) is 0 Å². The number of nitrogens with zero attached hydrogens (tertiary/aromatic N) is 2. The summed E-state index contributed by atoms with van der Waals surface area (Å²) >= 11 is 0. The first-order valence-electron chi connectivity index (χ1n) is 8.12. The molecule has 1 atom stereocenters. The summed E-state index contributed by atoms with van der Waals surface area (Å²) in [7, 11) is 4.32. The molecule has 0 saturated heterocycles. The van der Waals surface area contributed by atoms with Crippen molar-refractivity contribution >= 4 is 0 Å². The third-order valence-corrected chi connectivity index (χ3v) is 4.79. The first-order chi connectivity index (χ1) is 9.03. The van der Waals surface area contributed by atoms with E-state index in [-0.39, 0.29) is 0 Å². The van der Waals surface area contributed by atoms with E-state index in [9.17, 15) is 0 Å². The van der Waals surface area contributed by atoms with Gasteiger partial charge < -0.3 is 10.6 Å². The molecule has 0 heterocycles. The molecule has 0 aromatic rings. The summed E-state index contributed by atoms with van der Waals surface area (Å²) in [5.74, 6) is 0. The van der Waals surface area contributed by atoms with Gasteiger partial charge in [0, 0.05) is 19.1 Å². The van der Waals surface area contributed by atoms with Crippen LogP contribution in [0.1, 0.15) is 52.4 Å². The Bertz CT molecular complexity index is 232. The van der Waals surface area contributed by atoms with Crippen LogP contribution in [0.4, 0.5) is 0 Å². The topological polar surface area (TPSA) is 32.5 Å². The van der Waals surface area contributed by atoms with Crippen molar-refractivity contribution in [3.05, 3.63) is 0 Å². The Morgan fingerprint density at radius 3 is 2.11 bits per heavy atom. The highest BCUT2D eigenvalue weighted by molar-refractivity contribution is 4.87. The molecule has 3 heteroatoms. The van der Waals surface area contributed by atoms with Gasteiger partial charge in [0.15, 0.2) is 0 Å². The van der Waals surface area contributed by atoms with Gasteiger partial charge in [0.2, 0.25) is 0 Å². The third kappa shape index (κ3) is 5.41. The summed E-state index contributed by atoms with van der Waals surface area (Å²) in [5, 5.41) is 0. The van der Waals surface area contributed by atoms with Gasteiger partial charge in [0.05, 0.1) is 0 Å². The summed E-state index contributed by atoms with van der Waals surface area (Å²) in [4.78, 5) is 4.92. The number of rotatable bonds is 7. The Morgan fingerprint density at radius 2 is 1.68 bits per heavy atom. The van der Waals surface area contributed by atoms with E-state index in [1.165, 1.54) is 45.1 Å². The summed E-state index contributed by atoms with van der Waals surface area (Å²) in [6.45, 7) is 8.95. The van der Waals surface area contributed by atoms with E-state index in [1.807, 2.05) is 0 Å². The second-order valence-electron chi connectivity index (χ2n) is 6.79. The van der Waals surface area contributed by atoms with Crippen LogP contribution in [0.3, 0.4) is 0 Å². The molecular weight excluding hydrogens is 234 g/mol. The number of likely N-dealkylation sites (N-methyl/N-ethyl adjacent to an activating group) is 2. The minimum atomic E-state index is 0.382. The Balaban J connectivity index is 2.64. The van der Waals surface area contributed by atoms with Crippen LogP contribution >= 0.6 is 0 Å². The van der Waals surface area contributed by atoms with Crippen LogP contribution in [0.15, 0.2) is 0 Å². The van der Waals surface area contributed by atoms with Gasteiger partial charge in [0.1, 0.15) is 0 Å². The lowest BCUT2D eigenvalue weighted by molar-refractivity contribution is 0.0972. The van der Waals surface area contributed by atoms with Crippen molar-refractivity contribution in [2.24, 2.45) is 11.1 Å². The fourth-order valence-corrected chi connectivity index (χ4v) is 3.56. The molecule has 0 aliphatic heterocycles. The highest BCUT2D eigenvalue weighted by Crippen LogP contribution is 2.35. The van der Waals surface area contributed by atoms with Gasteiger partial charge in [-0.3, -0.25) is 4.90 Å². The molecule has 1 unspecified atom stereocenters. The molecule has 1 fully saturated rings. The Kier molecular flexibility index (Phi) is 7.33. The molecule has 0 bridgehead atoms. The average molecular weight is 269 g/mol. The SMILES string of the molecule is CCN(CC1(CN)CCCCCC1)C(C)CN(C)C. The van der Waals surface area contributed by atoms with Crippen molar-refractivity contribution in [3.63, 3.8) is 0 Å². The van der Waals surface area contributed by atoms with Crippen LogP contribution in [-0.2, 0) is 0 Å². The minimum Gasteiger partial charge on any atom is -0.330 e. The van der Waals surface area contributed by atoms with Gasteiger partial charge in [-0.15, -0.1) is 0 Å². The van der Waals surface area contributed by atoms with Crippen molar-refractivity contribution < 1.29 is 0 Å². The first kappa shape index (κ1) is 16.9. The second-order valence-corrected chi connectivity index (χ2v) is 6.79. The predicted molar refractivity (Wildman–Crippen MR) is 84.5 cm³/mol. The summed E-state index contributed by atoms with van der Waals surface area (Å²) in [6.07, 6.45) is 8.21. The fourth-order valence-electron chi connectivity index (χ4n) is 3.56. The molecule has 0 aromatic heterocycles. The summed E-state index contributed by atoms with van der Waals surface area (Å²) in [6, 6.07) is 0.617. The maximum Gasteiger partial charge on any atom is 0.0194 e. The van der Waals surface area contributed by atoms with Crippen LogP contribution in [0.5, 0.6) is 0 Å². The van der Waals surface area contributed by atoms with E-state index in [0.717, 1.165) is 19.6 Å². The average Bonchev–Trinajstić information content (AvgIpc) is 2.61. The fraction of sp³-hybridized carbons (Fsp3) is 1.00. The highest BCUT2D eigenvalue weighted by Gasteiger charge is 2.32. The van der Waals surface area contributed by atoms with Crippen LogP contribution in [0, 0.1) is 5.41 Å². The number of hydrogen-bond donors (Lipinski definition) is 1. The minimum absolute atomic E-state index is 0.382. The Labute approximate surface area is 120 Å². The van der Waals surface area contributed by atoms with Crippen molar-refractivity contribution in [3.8, 4) is 0 Å². The second kappa shape index (κ2) is 8.23. The van der Waals surface area contributed by atoms with E-state index >= 15 is 0 Å². The quantitative estimate of drug-likeness (QED) is 0.721. The largest absolute Gasteiger partial charge is 0.330 e. The molecule has 1 aliphatic rings. The van der Waals surface area contributed by atoms with Crippen molar-refractivity contribution in [2.75, 3.05) is 40.3 Å². The number of nitrogens with two attached hydrogens (primary N) is 1. The lowest BCUT2D eigenvalue weighted by Gasteiger charge is -2.40. The van der Waals surface area contributed by atoms with Gasteiger partial charge in [-0.2, -0.15) is 0 Å². The lowest BCUT2D eigenvalue weighted by atomic mass is 9.79. The molecule has 0 amide bonds. The van der Waals surface area contributed by atoms with Gasteiger partial charge in [-0.25, -0.2) is 0 Å². The van der Waals surface area contributed by atoms with E-state index in [4.69, 9.17) is 5.73 Å². The standard InChI is InChI=1S/C16H35N3/c1-5-19(15(2)12-18(3)4)14-16(13-17)10-8-6-7-9-11-16/h15H,5-14,17H2,1-4H3. The van der Waals surface area contributed by atoms with E-state index in [1.54, 1.807) is 0 Å². The summed E-state index contributed by atoms with van der Waals surface area (Å²) < 4.78 is 0. The molecule has 1 saturated carbocycles. The van der Waals surface area contributed by atoms with Gasteiger partial charge in [-0.05, 0) is 52.4 Å². The predicted octanol–water partition coefficient (Wildman–Crippen LogP) is 2.56. The zero-order valence-electron chi connectivity index (χ0n) is 13.6. The number of hydrogen-bond acceptors (Lipinski definition) is 3. The lowest BCUT2D eigenvalue weighted by Crippen LogP contribution is -2.48. The van der Waals surface area contributed by atoms with E-state index in [2.05, 4.69) is 37.7 Å². The molecular formula is C16H35N3. The van der Waals surface area contributed by atoms with Crippen LogP contribution in [0.25, 0.3) is 0 Å². The van der Waals surface area contributed by atoms with Crippen LogP contribution < -0.4 is 5.73 Å². The third-order valence-electron chi connectivity index (χ3n) is 4.79. The smallest absolute Gasteiger partial charge is 0.0194 e. The monoisotopic (exact) mass is 269 g/mol. The maximum atomic E-state index is 6.17. The molecule has 1 aliphatic carbocycles. The maximum absolute atomic E-state index is 6.17. The van der Waals surface area contributed by atoms with Gasteiger partial charge in [0.25, 0.3) is 0 Å². The Morgan fingerprint density at radius 1 is 1.11 bits per heavy atom. The zero-order chi connectivity index (χ0) is 14.3. The van der Waals surface area contributed by atoms with E-state index in [0.29, 0.717) is 11.5 Å². The van der Waals surface area contributed by atoms with Gasteiger partial charge >= 0.3 is 0 Å². The van der Waals surface area contributed by atoms with Crippen molar-refractivity contribution in [2.45, 2.75) is 58.4 Å². The molecule has 0 radical (unpaired) electrons. The van der Waals surface area contributed by atoms with Crippen molar-refractivity contribution in [1.29, 1.82) is 0 Å². The van der Waals surface area contributed by atoms with E-state index < -0.39 is 0 Å². The first-order valence-corrected chi connectivity index (χ1v) is 8.12. The zero-order valence-corrected chi connectivity index (χ0v) is 13.6. The van der Waals surface area contributed by atoms with Crippen LogP contribution in [-0.4, -0.2) is 56.1 Å². The highest BCUT2D eigenvalue weighted by atomic mass is 15.2. The molecule has 2 N–H and O–H groups in total. The van der Waals surface area contributed by atoms with Gasteiger partial charge in [-0.1, -0.05) is 32.6 Å². The molecule has 0 spiro atoms. The molecule has 1 rings (SSSR count). The Hall–Kier alpha value is -0.120. The summed E-state index contributed by atoms with van der Waals surface area (Å²) in [5.41, 5.74) is 6.56. The molecule has 114 valence electrons.